The molecule has 1 heterocycles. The highest BCUT2D eigenvalue weighted by Gasteiger charge is 2.09. The molecule has 0 aliphatic heterocycles. The molecule has 28 heavy (non-hydrogen) atoms. The molecule has 5 aromatic carbocycles. The van der Waals surface area contributed by atoms with Crippen molar-refractivity contribution in [3.8, 4) is 11.3 Å². The zero-order valence-corrected chi connectivity index (χ0v) is 15.3. The highest BCUT2D eigenvalue weighted by molar-refractivity contribution is 6.13. The minimum absolute atomic E-state index is 1.04. The lowest BCUT2D eigenvalue weighted by Gasteiger charge is -2.10. The van der Waals surface area contributed by atoms with Gasteiger partial charge in [-0.3, -0.25) is 4.98 Å². The number of rotatable bonds is 1. The lowest BCUT2D eigenvalue weighted by Crippen LogP contribution is -1.88. The molecule has 0 saturated carbocycles. The summed E-state index contributed by atoms with van der Waals surface area (Å²) in [6.45, 7) is 0. The molecule has 1 aromatic heterocycles. The molecular weight excluding hydrogens is 338 g/mol. The lowest BCUT2D eigenvalue weighted by atomic mass is 9.96. The second-order valence-corrected chi connectivity index (χ2v) is 7.26. The molecule has 130 valence electrons. The summed E-state index contributed by atoms with van der Waals surface area (Å²) < 4.78 is 0. The molecule has 1 heteroatoms. The van der Waals surface area contributed by atoms with E-state index in [1.54, 1.807) is 0 Å². The van der Waals surface area contributed by atoms with E-state index in [-0.39, 0.29) is 0 Å². The summed E-state index contributed by atoms with van der Waals surface area (Å²) in [6.07, 6.45) is 1.93. The van der Waals surface area contributed by atoms with Crippen molar-refractivity contribution in [3.63, 3.8) is 0 Å². The maximum atomic E-state index is 4.77. The van der Waals surface area contributed by atoms with E-state index in [0.717, 1.165) is 11.3 Å². The van der Waals surface area contributed by atoms with E-state index >= 15 is 0 Å². The van der Waals surface area contributed by atoms with Gasteiger partial charge in [-0.05, 0) is 49.8 Å². The van der Waals surface area contributed by atoms with Crippen molar-refractivity contribution in [2.75, 3.05) is 0 Å². The largest absolute Gasteiger partial charge is 0.256 e. The van der Waals surface area contributed by atoms with Gasteiger partial charge in [-0.15, -0.1) is 0 Å². The normalized spacial score (nSPS) is 11.6. The number of benzene rings is 5. The zero-order chi connectivity index (χ0) is 18.5. The third-order valence-corrected chi connectivity index (χ3v) is 5.69. The first-order valence-electron chi connectivity index (χ1n) is 9.57. The van der Waals surface area contributed by atoms with Gasteiger partial charge in [-0.1, -0.05) is 84.9 Å². The molecule has 0 aliphatic rings. The maximum Gasteiger partial charge on any atom is 0.0780 e. The van der Waals surface area contributed by atoms with Gasteiger partial charge < -0.3 is 0 Å². The minimum Gasteiger partial charge on any atom is -0.256 e. The average molecular weight is 355 g/mol. The van der Waals surface area contributed by atoms with Crippen LogP contribution in [0.15, 0.2) is 103 Å². The number of hydrogen-bond donors (Lipinski definition) is 0. The van der Waals surface area contributed by atoms with Gasteiger partial charge in [0.15, 0.2) is 0 Å². The van der Waals surface area contributed by atoms with Crippen LogP contribution in [0, 0.1) is 0 Å². The van der Waals surface area contributed by atoms with Crippen molar-refractivity contribution in [1.29, 1.82) is 0 Å². The molecule has 0 bridgehead atoms. The van der Waals surface area contributed by atoms with E-state index in [4.69, 9.17) is 4.98 Å². The van der Waals surface area contributed by atoms with Crippen LogP contribution in [0.2, 0.25) is 0 Å². The summed E-state index contributed by atoms with van der Waals surface area (Å²) in [7, 11) is 0. The monoisotopic (exact) mass is 355 g/mol. The second kappa shape index (κ2) is 5.90. The first-order valence-corrected chi connectivity index (χ1v) is 9.57. The number of nitrogens with zero attached hydrogens (tertiary/aromatic N) is 1. The Balaban J connectivity index is 1.68. The highest BCUT2D eigenvalue weighted by atomic mass is 14.7. The van der Waals surface area contributed by atoms with Gasteiger partial charge in [0.1, 0.15) is 0 Å². The van der Waals surface area contributed by atoms with E-state index in [0.29, 0.717) is 0 Å². The van der Waals surface area contributed by atoms with Crippen LogP contribution in [0.3, 0.4) is 0 Å². The van der Waals surface area contributed by atoms with Crippen LogP contribution in [0.5, 0.6) is 0 Å². The Bertz CT molecular complexity index is 1510. The second-order valence-electron chi connectivity index (χ2n) is 7.26. The molecule has 1 nitrogen and oxygen atoms in total. The van der Waals surface area contributed by atoms with Crippen molar-refractivity contribution < 1.29 is 0 Å². The Labute approximate surface area is 162 Å². The topological polar surface area (TPSA) is 12.9 Å². The van der Waals surface area contributed by atoms with Gasteiger partial charge in [0.25, 0.3) is 0 Å². The van der Waals surface area contributed by atoms with Crippen molar-refractivity contribution in [3.05, 3.63) is 103 Å². The van der Waals surface area contributed by atoms with Gasteiger partial charge in [0.05, 0.1) is 5.69 Å². The Morgan fingerprint density at radius 3 is 1.82 bits per heavy atom. The molecule has 0 unspecified atom stereocenters. The smallest absolute Gasteiger partial charge is 0.0780 e. The summed E-state index contributed by atoms with van der Waals surface area (Å²) in [5.41, 5.74) is 2.20. The minimum atomic E-state index is 1.04. The summed E-state index contributed by atoms with van der Waals surface area (Å²) in [5.74, 6) is 0. The molecule has 6 aromatic rings. The van der Waals surface area contributed by atoms with Crippen LogP contribution in [0.1, 0.15) is 0 Å². The first-order chi connectivity index (χ1) is 13.9. The fourth-order valence-electron chi connectivity index (χ4n) is 4.32. The molecule has 0 spiro atoms. The van der Waals surface area contributed by atoms with Crippen LogP contribution in [0.25, 0.3) is 54.3 Å². The molecule has 0 radical (unpaired) electrons. The molecule has 0 N–H and O–H groups in total. The molecular formula is C27H17N. The Morgan fingerprint density at radius 1 is 0.429 bits per heavy atom. The summed E-state index contributed by atoms with van der Waals surface area (Å²) >= 11 is 0. The van der Waals surface area contributed by atoms with Crippen LogP contribution in [0.4, 0.5) is 0 Å². The lowest BCUT2D eigenvalue weighted by molar-refractivity contribution is 1.36. The molecule has 0 atom stereocenters. The number of pyridine rings is 1. The van der Waals surface area contributed by atoms with Gasteiger partial charge in [0, 0.05) is 17.1 Å². The van der Waals surface area contributed by atoms with Crippen molar-refractivity contribution in [1.82, 2.24) is 4.98 Å². The number of hydrogen-bond acceptors (Lipinski definition) is 1. The van der Waals surface area contributed by atoms with E-state index in [1.807, 2.05) is 6.20 Å². The average Bonchev–Trinajstić information content (AvgIpc) is 2.78. The molecule has 0 aliphatic carbocycles. The predicted molar refractivity (Wildman–Crippen MR) is 120 cm³/mol. The fourth-order valence-corrected chi connectivity index (χ4v) is 4.32. The Kier molecular flexibility index (Phi) is 3.24. The number of aromatic nitrogens is 1. The van der Waals surface area contributed by atoms with Gasteiger partial charge >= 0.3 is 0 Å². The van der Waals surface area contributed by atoms with Crippen LogP contribution in [-0.2, 0) is 0 Å². The van der Waals surface area contributed by atoms with Crippen molar-refractivity contribution >= 4 is 43.1 Å². The van der Waals surface area contributed by atoms with Crippen LogP contribution < -0.4 is 0 Å². The standard InChI is InChI=1S/C27H17N/c1-3-7-22-19(6-1)13-14-25-24(22)15-16-28-27(25)21-12-11-20-10-9-18-5-2-4-8-23(18)26(20)17-21/h1-17H. The summed E-state index contributed by atoms with van der Waals surface area (Å²) in [5, 5.41) is 10.1. The molecule has 0 amide bonds. The highest BCUT2D eigenvalue weighted by Crippen LogP contribution is 2.34. The Morgan fingerprint density at radius 2 is 1.04 bits per heavy atom. The van der Waals surface area contributed by atoms with E-state index in [9.17, 15) is 0 Å². The van der Waals surface area contributed by atoms with E-state index < -0.39 is 0 Å². The van der Waals surface area contributed by atoms with E-state index in [2.05, 4.69) is 97.1 Å². The third kappa shape index (κ3) is 2.23. The Hall–Kier alpha value is -3.71. The molecule has 0 fully saturated rings. The number of fused-ring (bicyclic) bond motifs is 6. The maximum absolute atomic E-state index is 4.77. The fraction of sp³-hybridized carbons (Fsp3) is 0. The first kappa shape index (κ1) is 15.4. The van der Waals surface area contributed by atoms with Gasteiger partial charge in [0.2, 0.25) is 0 Å². The SMILES string of the molecule is c1ccc2c(c1)ccc1ccc(-c3nccc4c3ccc3ccccc34)cc12. The molecule has 0 saturated heterocycles. The molecule has 6 rings (SSSR count). The summed E-state index contributed by atoms with van der Waals surface area (Å²) in [6, 6.07) is 34.7. The van der Waals surface area contributed by atoms with Crippen LogP contribution >= 0.6 is 0 Å². The third-order valence-electron chi connectivity index (χ3n) is 5.69. The van der Waals surface area contributed by atoms with E-state index in [1.165, 1.54) is 43.1 Å². The van der Waals surface area contributed by atoms with Gasteiger partial charge in [-0.2, -0.15) is 0 Å². The quantitative estimate of drug-likeness (QED) is 0.281. The van der Waals surface area contributed by atoms with Crippen molar-refractivity contribution in [2.24, 2.45) is 0 Å². The predicted octanol–water partition coefficient (Wildman–Crippen LogP) is 7.36. The summed E-state index contributed by atoms with van der Waals surface area (Å²) in [4.78, 5) is 4.77. The van der Waals surface area contributed by atoms with Gasteiger partial charge in [-0.25, -0.2) is 0 Å². The zero-order valence-electron chi connectivity index (χ0n) is 15.3. The van der Waals surface area contributed by atoms with Crippen molar-refractivity contribution in [2.45, 2.75) is 0 Å². The van der Waals surface area contributed by atoms with Crippen LogP contribution in [-0.4, -0.2) is 4.98 Å².